The van der Waals surface area contributed by atoms with Gasteiger partial charge in [-0.2, -0.15) is 0 Å². The number of aliphatic imine (C=N–C) groups is 1. The number of hydrogen-bond donors (Lipinski definition) is 2. The van der Waals surface area contributed by atoms with E-state index in [1.54, 1.807) is 7.11 Å². The minimum absolute atomic E-state index is 0. The minimum atomic E-state index is 0. The van der Waals surface area contributed by atoms with Gasteiger partial charge in [0.05, 0.1) is 6.54 Å². The molecule has 31 heavy (non-hydrogen) atoms. The minimum Gasteiger partial charge on any atom is -0.385 e. The Balaban J connectivity index is 0.00000341. The van der Waals surface area contributed by atoms with Crippen molar-refractivity contribution in [1.29, 1.82) is 0 Å². The number of piperazine rings is 1. The molecule has 7 nitrogen and oxygen atoms in total. The quantitative estimate of drug-likeness (QED) is 0.268. The van der Waals surface area contributed by atoms with Crippen molar-refractivity contribution in [3.05, 3.63) is 23.9 Å². The first-order valence-electron chi connectivity index (χ1n) is 11.6. The first-order chi connectivity index (χ1) is 14.7. The zero-order valence-electron chi connectivity index (χ0n) is 19.5. The van der Waals surface area contributed by atoms with Crippen molar-refractivity contribution >= 4 is 35.8 Å². The first kappa shape index (κ1) is 26.1. The molecule has 1 aromatic heterocycles. The van der Waals surface area contributed by atoms with Crippen LogP contribution in [0, 0.1) is 5.41 Å². The Morgan fingerprint density at radius 1 is 1.19 bits per heavy atom. The third-order valence-electron chi connectivity index (χ3n) is 6.60. The molecule has 0 spiro atoms. The second-order valence-corrected chi connectivity index (χ2v) is 8.59. The average molecular weight is 545 g/mol. The van der Waals surface area contributed by atoms with Crippen molar-refractivity contribution in [2.45, 2.75) is 46.1 Å². The van der Waals surface area contributed by atoms with E-state index >= 15 is 0 Å². The van der Waals surface area contributed by atoms with Gasteiger partial charge in [-0.25, -0.2) is 9.98 Å². The number of methoxy groups -OCH3 is 1. The van der Waals surface area contributed by atoms with Crippen LogP contribution < -0.4 is 15.5 Å². The molecule has 0 radical (unpaired) electrons. The number of nitrogens with one attached hydrogen (secondary N) is 2. The van der Waals surface area contributed by atoms with Crippen LogP contribution in [0.4, 0.5) is 5.82 Å². The summed E-state index contributed by atoms with van der Waals surface area (Å²) in [6.07, 6.45) is 6.92. The molecule has 1 aliphatic carbocycles. The standard InChI is InChI=1S/C23H40N6O.HI/c1-4-24-22(27-19-23(8-6-9-23)10-16-30-3)26-18-20-7-11-25-21(17-20)29-14-12-28(5-2)13-15-29;/h7,11,17H,4-6,8-10,12-16,18-19H2,1-3H3,(H2,24,26,27);1H. The number of nitrogens with zero attached hydrogens (tertiary/aromatic N) is 4. The summed E-state index contributed by atoms with van der Waals surface area (Å²) in [4.78, 5) is 14.3. The SMILES string of the molecule is CCNC(=NCc1ccnc(N2CCN(CC)CC2)c1)NCC1(CCOC)CCC1.I. The number of hydrogen-bond acceptors (Lipinski definition) is 5. The zero-order chi connectivity index (χ0) is 21.2. The molecule has 1 saturated heterocycles. The van der Waals surface area contributed by atoms with E-state index in [9.17, 15) is 0 Å². The second-order valence-electron chi connectivity index (χ2n) is 8.59. The molecule has 176 valence electrons. The van der Waals surface area contributed by atoms with Gasteiger partial charge >= 0.3 is 0 Å². The van der Waals surface area contributed by atoms with Crippen LogP contribution in [0.2, 0.25) is 0 Å². The summed E-state index contributed by atoms with van der Waals surface area (Å²) in [7, 11) is 1.79. The number of guanidine groups is 1. The van der Waals surface area contributed by atoms with Crippen molar-refractivity contribution in [3.63, 3.8) is 0 Å². The maximum Gasteiger partial charge on any atom is 0.191 e. The molecule has 2 fully saturated rings. The summed E-state index contributed by atoms with van der Waals surface area (Å²) in [5, 5.41) is 6.98. The van der Waals surface area contributed by atoms with Gasteiger partial charge in [-0.15, -0.1) is 24.0 Å². The third-order valence-corrected chi connectivity index (χ3v) is 6.60. The van der Waals surface area contributed by atoms with Gasteiger partial charge in [0.1, 0.15) is 5.82 Å². The van der Waals surface area contributed by atoms with Gasteiger partial charge in [0.25, 0.3) is 0 Å². The highest BCUT2D eigenvalue weighted by atomic mass is 127. The molecule has 0 unspecified atom stereocenters. The van der Waals surface area contributed by atoms with Crippen molar-refractivity contribution in [3.8, 4) is 0 Å². The van der Waals surface area contributed by atoms with Crippen molar-refractivity contribution < 1.29 is 4.74 Å². The number of ether oxygens (including phenoxy) is 1. The van der Waals surface area contributed by atoms with Crippen molar-refractivity contribution in [2.24, 2.45) is 10.4 Å². The lowest BCUT2D eigenvalue weighted by atomic mass is 9.67. The Kier molecular flexibility index (Phi) is 11.3. The predicted octanol–water partition coefficient (Wildman–Crippen LogP) is 3.10. The summed E-state index contributed by atoms with van der Waals surface area (Å²) >= 11 is 0. The fourth-order valence-corrected chi connectivity index (χ4v) is 4.32. The molecule has 0 amide bonds. The monoisotopic (exact) mass is 544 g/mol. The second kappa shape index (κ2) is 13.4. The van der Waals surface area contributed by atoms with Gasteiger partial charge in [-0.1, -0.05) is 13.3 Å². The van der Waals surface area contributed by atoms with Gasteiger partial charge in [0.15, 0.2) is 5.96 Å². The van der Waals surface area contributed by atoms with E-state index in [2.05, 4.69) is 51.4 Å². The van der Waals surface area contributed by atoms with Crippen molar-refractivity contribution in [1.82, 2.24) is 20.5 Å². The summed E-state index contributed by atoms with van der Waals surface area (Å²) in [5.74, 6) is 1.97. The molecule has 2 aliphatic rings. The van der Waals surface area contributed by atoms with Gasteiger partial charge in [-0.05, 0) is 55.8 Å². The zero-order valence-corrected chi connectivity index (χ0v) is 21.9. The van der Waals surface area contributed by atoms with E-state index in [4.69, 9.17) is 9.73 Å². The lowest BCUT2D eigenvalue weighted by Gasteiger charge is -2.42. The molecular weight excluding hydrogens is 503 g/mol. The molecule has 0 aromatic carbocycles. The van der Waals surface area contributed by atoms with Crippen molar-refractivity contribution in [2.75, 3.05) is 64.4 Å². The van der Waals surface area contributed by atoms with E-state index in [1.165, 1.54) is 24.8 Å². The van der Waals surface area contributed by atoms with Gasteiger partial charge in [-0.3, -0.25) is 0 Å². The Morgan fingerprint density at radius 3 is 2.58 bits per heavy atom. The molecule has 2 N–H and O–H groups in total. The van der Waals surface area contributed by atoms with Crippen LogP contribution in [0.1, 0.15) is 45.1 Å². The van der Waals surface area contributed by atoms with E-state index in [-0.39, 0.29) is 24.0 Å². The van der Waals surface area contributed by atoms with E-state index < -0.39 is 0 Å². The molecule has 0 bridgehead atoms. The highest BCUT2D eigenvalue weighted by molar-refractivity contribution is 14.0. The Labute approximate surface area is 205 Å². The van der Waals surface area contributed by atoms with Gasteiger partial charge < -0.3 is 25.2 Å². The molecule has 3 rings (SSSR count). The Morgan fingerprint density at radius 2 is 1.97 bits per heavy atom. The molecule has 1 aromatic rings. The smallest absolute Gasteiger partial charge is 0.191 e. The fraction of sp³-hybridized carbons (Fsp3) is 0.739. The Hall–Kier alpha value is -1.13. The summed E-state index contributed by atoms with van der Waals surface area (Å²) in [6, 6.07) is 4.27. The molecule has 1 aliphatic heterocycles. The lowest BCUT2D eigenvalue weighted by molar-refractivity contribution is 0.0732. The highest BCUT2D eigenvalue weighted by Crippen LogP contribution is 2.43. The van der Waals surface area contributed by atoms with Gasteiger partial charge in [0, 0.05) is 59.2 Å². The van der Waals surface area contributed by atoms with Crippen LogP contribution in [0.3, 0.4) is 0 Å². The summed E-state index contributed by atoms with van der Waals surface area (Å²) in [5.41, 5.74) is 1.57. The number of likely N-dealkylation sites (N-methyl/N-ethyl adjacent to an activating group) is 1. The predicted molar refractivity (Wildman–Crippen MR) is 140 cm³/mol. The van der Waals surface area contributed by atoms with Crippen LogP contribution >= 0.6 is 24.0 Å². The average Bonchev–Trinajstić information content (AvgIpc) is 2.76. The van der Waals surface area contributed by atoms with Crippen LogP contribution in [0.25, 0.3) is 0 Å². The number of halogens is 1. The Bertz CT molecular complexity index is 674. The number of pyridine rings is 1. The topological polar surface area (TPSA) is 65.0 Å². The molecule has 2 heterocycles. The molecule has 1 saturated carbocycles. The number of rotatable bonds is 10. The molecule has 8 heteroatoms. The van der Waals surface area contributed by atoms with Crippen LogP contribution in [-0.4, -0.2) is 75.4 Å². The van der Waals surface area contributed by atoms with Crippen LogP contribution in [0.15, 0.2) is 23.3 Å². The fourth-order valence-electron chi connectivity index (χ4n) is 4.32. The van der Waals surface area contributed by atoms with Crippen LogP contribution in [0.5, 0.6) is 0 Å². The number of anilines is 1. The van der Waals surface area contributed by atoms with Gasteiger partial charge in [0.2, 0.25) is 0 Å². The lowest BCUT2D eigenvalue weighted by Crippen LogP contribution is -2.47. The number of aromatic nitrogens is 1. The van der Waals surface area contributed by atoms with E-state index in [0.717, 1.165) is 70.6 Å². The van der Waals surface area contributed by atoms with Crippen LogP contribution in [-0.2, 0) is 11.3 Å². The highest BCUT2D eigenvalue weighted by Gasteiger charge is 2.36. The molecular formula is C23H41IN6O. The molecule has 0 atom stereocenters. The third kappa shape index (κ3) is 7.75. The first-order valence-corrected chi connectivity index (χ1v) is 11.6. The normalized spacial score (nSPS) is 18.8. The maximum atomic E-state index is 5.32. The summed E-state index contributed by atoms with van der Waals surface area (Å²) in [6.45, 7) is 13.1. The largest absolute Gasteiger partial charge is 0.385 e. The van der Waals surface area contributed by atoms with E-state index in [0.29, 0.717) is 12.0 Å². The maximum absolute atomic E-state index is 5.32. The van der Waals surface area contributed by atoms with E-state index in [1.807, 2.05) is 6.20 Å². The summed E-state index contributed by atoms with van der Waals surface area (Å²) < 4.78 is 5.32.